The molecule has 2 fully saturated rings. The smallest absolute Gasteiger partial charge is 0.0727 e. The summed E-state index contributed by atoms with van der Waals surface area (Å²) in [6.07, 6.45) is 8.30. The van der Waals surface area contributed by atoms with E-state index in [-0.39, 0.29) is 5.41 Å². The largest absolute Gasteiger partial charge is 0.389 e. The summed E-state index contributed by atoms with van der Waals surface area (Å²) in [5.74, 6) is 1.11. The molecule has 1 saturated carbocycles. The van der Waals surface area contributed by atoms with Crippen LogP contribution in [0.15, 0.2) is 0 Å². The van der Waals surface area contributed by atoms with Crippen LogP contribution in [0.2, 0.25) is 0 Å². The number of hydrogen-bond acceptors (Lipinski definition) is 3. The summed E-state index contributed by atoms with van der Waals surface area (Å²) in [6, 6.07) is 0. The van der Waals surface area contributed by atoms with Crippen LogP contribution >= 0.6 is 0 Å². The number of nitrogens with one attached hydrogen (secondary N) is 1. The fourth-order valence-corrected chi connectivity index (χ4v) is 4.45. The maximum Gasteiger partial charge on any atom is 0.0727 e. The molecule has 1 aliphatic carbocycles. The number of aliphatic hydroxyl groups is 1. The monoisotopic (exact) mass is 268 g/mol. The second-order valence-electron chi connectivity index (χ2n) is 7.05. The van der Waals surface area contributed by atoms with E-state index in [1.807, 2.05) is 0 Å². The van der Waals surface area contributed by atoms with Gasteiger partial charge in [0.25, 0.3) is 0 Å². The Kier molecular flexibility index (Phi) is 4.91. The molecule has 0 radical (unpaired) electrons. The predicted molar refractivity (Wildman–Crippen MR) is 80.0 cm³/mol. The van der Waals surface area contributed by atoms with Crippen LogP contribution in [-0.2, 0) is 0 Å². The van der Waals surface area contributed by atoms with E-state index < -0.39 is 5.60 Å². The number of piperidine rings is 1. The van der Waals surface area contributed by atoms with Crippen LogP contribution in [0.4, 0.5) is 0 Å². The third-order valence-corrected chi connectivity index (χ3v) is 6.08. The third kappa shape index (κ3) is 2.84. The molecule has 3 heteroatoms. The SMILES string of the molecule is CCC1CCCC(CN)(C(C)(O)C2CCCNC2)C1. The Bertz CT molecular complexity index is 286. The van der Waals surface area contributed by atoms with E-state index in [1.54, 1.807) is 0 Å². The van der Waals surface area contributed by atoms with Gasteiger partial charge in [0.2, 0.25) is 0 Å². The van der Waals surface area contributed by atoms with Crippen molar-refractivity contribution in [2.24, 2.45) is 23.0 Å². The third-order valence-electron chi connectivity index (χ3n) is 6.08. The first kappa shape index (κ1) is 15.3. The zero-order chi connectivity index (χ0) is 13.9. The number of nitrogens with two attached hydrogens (primary N) is 1. The van der Waals surface area contributed by atoms with Gasteiger partial charge in [-0.2, -0.15) is 0 Å². The molecule has 0 amide bonds. The fourth-order valence-electron chi connectivity index (χ4n) is 4.45. The normalized spacial score (nSPS) is 39.8. The molecule has 4 unspecified atom stereocenters. The lowest BCUT2D eigenvalue weighted by Crippen LogP contribution is -2.59. The van der Waals surface area contributed by atoms with Crippen LogP contribution in [0.1, 0.15) is 58.8 Å². The minimum atomic E-state index is -0.622. The van der Waals surface area contributed by atoms with Crippen LogP contribution in [0, 0.1) is 17.3 Å². The maximum atomic E-state index is 11.3. The van der Waals surface area contributed by atoms with E-state index in [0.717, 1.165) is 38.3 Å². The van der Waals surface area contributed by atoms with Crippen LogP contribution < -0.4 is 11.1 Å². The van der Waals surface area contributed by atoms with Gasteiger partial charge < -0.3 is 16.2 Å². The molecule has 0 aromatic carbocycles. The van der Waals surface area contributed by atoms with Gasteiger partial charge in [0.15, 0.2) is 0 Å². The van der Waals surface area contributed by atoms with Crippen molar-refractivity contribution in [2.45, 2.75) is 64.4 Å². The molecular formula is C16H32N2O. The summed E-state index contributed by atoms with van der Waals surface area (Å²) in [7, 11) is 0. The first-order valence-electron chi connectivity index (χ1n) is 8.19. The van der Waals surface area contributed by atoms with Crippen molar-refractivity contribution in [3.8, 4) is 0 Å². The van der Waals surface area contributed by atoms with Gasteiger partial charge in [0.05, 0.1) is 5.60 Å². The highest BCUT2D eigenvalue weighted by Gasteiger charge is 2.52. The van der Waals surface area contributed by atoms with Crippen molar-refractivity contribution in [1.82, 2.24) is 5.32 Å². The molecule has 112 valence electrons. The summed E-state index contributed by atoms with van der Waals surface area (Å²) in [5.41, 5.74) is 5.49. The maximum absolute atomic E-state index is 11.3. The second kappa shape index (κ2) is 6.11. The molecule has 0 spiro atoms. The summed E-state index contributed by atoms with van der Waals surface area (Å²) < 4.78 is 0. The molecule has 1 saturated heterocycles. The van der Waals surface area contributed by atoms with Gasteiger partial charge in [-0.15, -0.1) is 0 Å². The summed E-state index contributed by atoms with van der Waals surface area (Å²) >= 11 is 0. The first-order chi connectivity index (χ1) is 9.05. The molecule has 4 atom stereocenters. The molecule has 19 heavy (non-hydrogen) atoms. The molecule has 1 aliphatic heterocycles. The predicted octanol–water partition coefficient (Wildman–Crippen LogP) is 2.28. The second-order valence-corrected chi connectivity index (χ2v) is 7.05. The molecule has 0 bridgehead atoms. The van der Waals surface area contributed by atoms with Gasteiger partial charge in [-0.1, -0.05) is 26.2 Å². The molecule has 4 N–H and O–H groups in total. The average molecular weight is 268 g/mol. The summed E-state index contributed by atoms with van der Waals surface area (Å²) in [5, 5.41) is 14.8. The molecule has 0 aromatic rings. The molecular weight excluding hydrogens is 236 g/mol. The van der Waals surface area contributed by atoms with Crippen molar-refractivity contribution < 1.29 is 5.11 Å². The van der Waals surface area contributed by atoms with Crippen molar-refractivity contribution in [1.29, 1.82) is 0 Å². The van der Waals surface area contributed by atoms with Gasteiger partial charge >= 0.3 is 0 Å². The van der Waals surface area contributed by atoms with Crippen molar-refractivity contribution in [2.75, 3.05) is 19.6 Å². The number of hydrogen-bond donors (Lipinski definition) is 3. The highest BCUT2D eigenvalue weighted by molar-refractivity contribution is 5.04. The van der Waals surface area contributed by atoms with Crippen molar-refractivity contribution >= 4 is 0 Å². The van der Waals surface area contributed by atoms with Crippen LogP contribution in [-0.4, -0.2) is 30.3 Å². The van der Waals surface area contributed by atoms with Gasteiger partial charge in [-0.05, 0) is 45.1 Å². The Morgan fingerprint density at radius 3 is 2.74 bits per heavy atom. The molecule has 2 rings (SSSR count). The van der Waals surface area contributed by atoms with E-state index in [2.05, 4.69) is 19.2 Å². The molecule has 1 heterocycles. The summed E-state index contributed by atoms with van der Waals surface area (Å²) in [4.78, 5) is 0. The minimum Gasteiger partial charge on any atom is -0.389 e. The van der Waals surface area contributed by atoms with Crippen LogP contribution in [0.3, 0.4) is 0 Å². The van der Waals surface area contributed by atoms with E-state index in [4.69, 9.17) is 5.73 Å². The Morgan fingerprint density at radius 1 is 1.37 bits per heavy atom. The lowest BCUT2D eigenvalue weighted by atomic mass is 9.56. The highest BCUT2D eigenvalue weighted by Crippen LogP contribution is 2.50. The zero-order valence-electron chi connectivity index (χ0n) is 12.8. The Labute approximate surface area is 118 Å². The first-order valence-corrected chi connectivity index (χ1v) is 8.19. The standard InChI is InChI=1S/C16H32N2O/c1-3-13-6-4-8-16(10-13,12-17)15(2,19)14-7-5-9-18-11-14/h13-14,18-19H,3-12,17H2,1-2H3. The molecule has 3 nitrogen and oxygen atoms in total. The van der Waals surface area contributed by atoms with Gasteiger partial charge in [-0.25, -0.2) is 0 Å². The lowest BCUT2D eigenvalue weighted by molar-refractivity contribution is -0.137. The van der Waals surface area contributed by atoms with Crippen molar-refractivity contribution in [3.05, 3.63) is 0 Å². The van der Waals surface area contributed by atoms with E-state index >= 15 is 0 Å². The Hall–Kier alpha value is -0.120. The lowest BCUT2D eigenvalue weighted by Gasteiger charge is -2.53. The van der Waals surface area contributed by atoms with Crippen LogP contribution in [0.5, 0.6) is 0 Å². The van der Waals surface area contributed by atoms with Gasteiger partial charge in [-0.3, -0.25) is 0 Å². The Morgan fingerprint density at radius 2 is 2.16 bits per heavy atom. The fraction of sp³-hybridized carbons (Fsp3) is 1.00. The average Bonchev–Trinajstić information content (AvgIpc) is 2.48. The van der Waals surface area contributed by atoms with Crippen molar-refractivity contribution in [3.63, 3.8) is 0 Å². The highest BCUT2D eigenvalue weighted by atomic mass is 16.3. The molecule has 2 aliphatic rings. The Balaban J connectivity index is 2.17. The van der Waals surface area contributed by atoms with E-state index in [1.165, 1.54) is 25.7 Å². The quantitative estimate of drug-likeness (QED) is 0.733. The van der Waals surface area contributed by atoms with E-state index in [0.29, 0.717) is 12.5 Å². The van der Waals surface area contributed by atoms with Crippen LogP contribution in [0.25, 0.3) is 0 Å². The summed E-state index contributed by atoms with van der Waals surface area (Å²) in [6.45, 7) is 7.02. The topological polar surface area (TPSA) is 58.3 Å². The van der Waals surface area contributed by atoms with Gasteiger partial charge in [0, 0.05) is 24.4 Å². The minimum absolute atomic E-state index is 0.0599. The number of rotatable bonds is 4. The molecule has 0 aromatic heterocycles. The van der Waals surface area contributed by atoms with Gasteiger partial charge in [0.1, 0.15) is 0 Å². The van der Waals surface area contributed by atoms with E-state index in [9.17, 15) is 5.11 Å². The zero-order valence-corrected chi connectivity index (χ0v) is 12.8.